The first-order valence-corrected chi connectivity index (χ1v) is 7.87. The molecule has 6 nitrogen and oxygen atoms in total. The van der Waals surface area contributed by atoms with Crippen LogP contribution >= 0.6 is 0 Å². The first-order chi connectivity index (χ1) is 12.0. The third-order valence-electron chi connectivity index (χ3n) is 3.78. The number of aromatic nitrogens is 2. The molecule has 0 saturated carbocycles. The molecule has 0 aliphatic rings. The van der Waals surface area contributed by atoms with Gasteiger partial charge in [-0.3, -0.25) is 14.0 Å². The highest BCUT2D eigenvalue weighted by Gasteiger charge is 2.19. The minimum absolute atomic E-state index is 0.301. The highest BCUT2D eigenvalue weighted by atomic mass is 19.1. The molecule has 3 N–H and O–H groups in total. The molecular formula is C18H17FN4O2. The van der Waals surface area contributed by atoms with E-state index in [4.69, 9.17) is 5.73 Å². The van der Waals surface area contributed by atoms with Crippen LogP contribution in [0.1, 0.15) is 39.9 Å². The number of anilines is 1. The van der Waals surface area contributed by atoms with Gasteiger partial charge in [-0.25, -0.2) is 9.37 Å². The summed E-state index contributed by atoms with van der Waals surface area (Å²) in [5, 5.41) is 2.75. The Hall–Kier alpha value is -3.22. The number of nitrogens with zero attached hydrogens (tertiary/aromatic N) is 2. The number of amides is 2. The van der Waals surface area contributed by atoms with Crippen molar-refractivity contribution in [1.82, 2.24) is 9.38 Å². The van der Waals surface area contributed by atoms with Crippen molar-refractivity contribution in [2.24, 2.45) is 5.73 Å². The zero-order chi connectivity index (χ0) is 18.0. The zero-order valence-corrected chi connectivity index (χ0v) is 13.6. The van der Waals surface area contributed by atoms with E-state index in [1.165, 1.54) is 34.9 Å². The molecule has 0 fully saturated rings. The van der Waals surface area contributed by atoms with Gasteiger partial charge in [-0.1, -0.05) is 13.3 Å². The fourth-order valence-electron chi connectivity index (χ4n) is 2.63. The number of fused-ring (bicyclic) bond motifs is 1. The van der Waals surface area contributed by atoms with Crippen LogP contribution in [0, 0.1) is 5.82 Å². The average Bonchev–Trinajstić information content (AvgIpc) is 2.93. The second kappa shape index (κ2) is 6.72. The summed E-state index contributed by atoms with van der Waals surface area (Å²) < 4.78 is 15.0. The van der Waals surface area contributed by atoms with Crippen LogP contribution in [0.15, 0.2) is 42.6 Å². The van der Waals surface area contributed by atoms with Crippen LogP contribution in [0.5, 0.6) is 0 Å². The lowest BCUT2D eigenvalue weighted by Gasteiger charge is -2.07. The van der Waals surface area contributed by atoms with Crippen molar-refractivity contribution in [3.63, 3.8) is 0 Å². The first-order valence-electron chi connectivity index (χ1n) is 7.87. The summed E-state index contributed by atoms with van der Waals surface area (Å²) >= 11 is 0. The van der Waals surface area contributed by atoms with Crippen LogP contribution in [-0.4, -0.2) is 21.2 Å². The van der Waals surface area contributed by atoms with Gasteiger partial charge >= 0.3 is 0 Å². The molecule has 1 aromatic carbocycles. The Kier molecular flexibility index (Phi) is 4.47. The summed E-state index contributed by atoms with van der Waals surface area (Å²) in [7, 11) is 0. The van der Waals surface area contributed by atoms with Crippen LogP contribution in [0.25, 0.3) is 5.65 Å². The number of hydrogen-bond acceptors (Lipinski definition) is 3. The number of nitrogens with one attached hydrogen (secondary N) is 1. The number of aryl methyl sites for hydroxylation is 1. The summed E-state index contributed by atoms with van der Waals surface area (Å²) in [6, 6.07) is 9.07. The van der Waals surface area contributed by atoms with Crippen molar-refractivity contribution < 1.29 is 14.0 Å². The van der Waals surface area contributed by atoms with Crippen LogP contribution in [0.3, 0.4) is 0 Å². The molecule has 0 spiro atoms. The fourth-order valence-corrected chi connectivity index (χ4v) is 2.63. The number of carbonyl (C=O) groups excluding carboxylic acids is 2. The lowest BCUT2D eigenvalue weighted by Crippen LogP contribution is -2.17. The zero-order valence-electron chi connectivity index (χ0n) is 13.6. The number of halogens is 1. The first kappa shape index (κ1) is 16.6. The van der Waals surface area contributed by atoms with Gasteiger partial charge < -0.3 is 11.1 Å². The molecule has 0 radical (unpaired) electrons. The summed E-state index contributed by atoms with van der Waals surface area (Å²) in [6.07, 6.45) is 2.65. The molecule has 0 aliphatic carbocycles. The number of carbonyl (C=O) groups is 2. The lowest BCUT2D eigenvalue weighted by molar-refractivity contribution is 0.0997. The van der Waals surface area contributed by atoms with E-state index >= 15 is 0 Å². The number of rotatable bonds is 5. The average molecular weight is 340 g/mol. The molecule has 0 unspecified atom stereocenters. The van der Waals surface area contributed by atoms with Crippen molar-refractivity contribution in [3.8, 4) is 0 Å². The van der Waals surface area contributed by atoms with E-state index in [0.29, 0.717) is 34.7 Å². The van der Waals surface area contributed by atoms with E-state index in [-0.39, 0.29) is 0 Å². The molecule has 2 aromatic heterocycles. The maximum absolute atomic E-state index is 13.6. The van der Waals surface area contributed by atoms with Crippen LogP contribution in [-0.2, 0) is 6.42 Å². The molecule has 128 valence electrons. The number of nitrogens with two attached hydrogens (primary N) is 1. The van der Waals surface area contributed by atoms with Gasteiger partial charge in [0, 0.05) is 17.4 Å². The Morgan fingerprint density at radius 2 is 1.92 bits per heavy atom. The highest BCUT2D eigenvalue weighted by Crippen LogP contribution is 2.18. The maximum atomic E-state index is 13.6. The van der Waals surface area contributed by atoms with Gasteiger partial charge in [0.15, 0.2) is 0 Å². The third-order valence-corrected chi connectivity index (χ3v) is 3.78. The molecule has 25 heavy (non-hydrogen) atoms. The predicted molar refractivity (Wildman–Crippen MR) is 92.1 cm³/mol. The molecule has 2 amide bonds. The maximum Gasteiger partial charge on any atom is 0.274 e. The normalized spacial score (nSPS) is 10.8. The van der Waals surface area contributed by atoms with E-state index in [1.54, 1.807) is 12.1 Å². The minimum atomic E-state index is -0.541. The number of imidazole rings is 1. The van der Waals surface area contributed by atoms with Crippen LogP contribution in [0.4, 0.5) is 10.1 Å². The lowest BCUT2D eigenvalue weighted by atomic mass is 10.2. The van der Waals surface area contributed by atoms with E-state index in [1.807, 2.05) is 6.92 Å². The van der Waals surface area contributed by atoms with Crippen molar-refractivity contribution >= 4 is 23.1 Å². The second-order valence-electron chi connectivity index (χ2n) is 5.63. The van der Waals surface area contributed by atoms with Gasteiger partial charge in [-0.15, -0.1) is 0 Å². The summed E-state index contributed by atoms with van der Waals surface area (Å²) in [4.78, 5) is 28.3. The number of pyridine rings is 1. The van der Waals surface area contributed by atoms with E-state index in [2.05, 4.69) is 10.3 Å². The Morgan fingerprint density at radius 1 is 1.20 bits per heavy atom. The fraction of sp³-hybridized carbons (Fsp3) is 0.167. The SMILES string of the molecule is CCCc1nc2ccc(F)cn2c1C(=O)Nc1ccc(C(N)=O)cc1. The number of benzene rings is 1. The van der Waals surface area contributed by atoms with E-state index in [9.17, 15) is 14.0 Å². The molecule has 7 heteroatoms. The van der Waals surface area contributed by atoms with Crippen molar-refractivity contribution in [2.45, 2.75) is 19.8 Å². The Balaban J connectivity index is 1.96. The quantitative estimate of drug-likeness (QED) is 0.748. The summed E-state index contributed by atoms with van der Waals surface area (Å²) in [5.74, 6) is -1.39. The molecular weight excluding hydrogens is 323 g/mol. The van der Waals surface area contributed by atoms with Gasteiger partial charge in [-0.2, -0.15) is 0 Å². The number of primary amides is 1. The Bertz CT molecular complexity index is 948. The summed E-state index contributed by atoms with van der Waals surface area (Å²) in [6.45, 7) is 1.98. The van der Waals surface area contributed by atoms with Crippen molar-refractivity contribution in [1.29, 1.82) is 0 Å². The topological polar surface area (TPSA) is 89.5 Å². The Labute approximate surface area is 143 Å². The summed E-state index contributed by atoms with van der Waals surface area (Å²) in [5.41, 5.74) is 7.48. The van der Waals surface area contributed by atoms with Gasteiger partial charge in [0.1, 0.15) is 17.2 Å². The molecule has 0 saturated heterocycles. The van der Waals surface area contributed by atoms with Crippen LogP contribution < -0.4 is 11.1 Å². The van der Waals surface area contributed by atoms with E-state index in [0.717, 1.165) is 6.42 Å². The molecule has 3 rings (SSSR count). The van der Waals surface area contributed by atoms with Gasteiger partial charge in [0.2, 0.25) is 5.91 Å². The van der Waals surface area contributed by atoms with E-state index < -0.39 is 17.6 Å². The Morgan fingerprint density at radius 3 is 2.56 bits per heavy atom. The van der Waals surface area contributed by atoms with Gasteiger partial charge in [0.05, 0.1) is 5.69 Å². The smallest absolute Gasteiger partial charge is 0.274 e. The van der Waals surface area contributed by atoms with Gasteiger partial charge in [0.25, 0.3) is 5.91 Å². The van der Waals surface area contributed by atoms with Crippen LogP contribution in [0.2, 0.25) is 0 Å². The largest absolute Gasteiger partial charge is 0.366 e. The molecule has 3 aromatic rings. The molecule has 2 heterocycles. The van der Waals surface area contributed by atoms with Crippen molar-refractivity contribution in [2.75, 3.05) is 5.32 Å². The van der Waals surface area contributed by atoms with Gasteiger partial charge in [-0.05, 0) is 42.8 Å². The highest BCUT2D eigenvalue weighted by molar-refractivity contribution is 6.04. The molecule has 0 atom stereocenters. The standard InChI is InChI=1S/C18H17FN4O2/c1-2-3-14-16(23-10-12(19)6-9-15(23)22-14)18(25)21-13-7-4-11(5-8-13)17(20)24/h4-10H,2-3H2,1H3,(H2,20,24)(H,21,25). The molecule has 0 bridgehead atoms. The predicted octanol–water partition coefficient (Wildman–Crippen LogP) is 2.78. The monoisotopic (exact) mass is 340 g/mol. The third kappa shape index (κ3) is 3.35. The second-order valence-corrected chi connectivity index (χ2v) is 5.63. The molecule has 0 aliphatic heterocycles. The minimum Gasteiger partial charge on any atom is -0.366 e. The number of hydrogen-bond donors (Lipinski definition) is 2. The van der Waals surface area contributed by atoms with Crippen molar-refractivity contribution in [3.05, 3.63) is 65.4 Å².